The van der Waals surface area contributed by atoms with Crippen LogP contribution in [0.25, 0.3) is 0 Å². The molecule has 2 heteroatoms. The van der Waals surface area contributed by atoms with Crippen molar-refractivity contribution in [3.63, 3.8) is 0 Å². The van der Waals surface area contributed by atoms with Crippen LogP contribution in [0.3, 0.4) is 0 Å². The molecule has 0 aliphatic rings. The normalized spacial score (nSPS) is 7.62. The molecule has 0 fully saturated rings. The van der Waals surface area contributed by atoms with Gasteiger partial charge in [-0.3, -0.25) is 0 Å². The standard InChI is InChI=1S/C6H4F.Os/c7-6-4-2-1-3-5-6;/h2-5H;/q-1;+2. The fraction of sp³-hybridized carbons (Fsp3) is 0. The molecule has 42 valence electrons. The molecule has 0 saturated heterocycles. The van der Waals surface area contributed by atoms with Crippen LogP contribution in [0.15, 0.2) is 24.3 Å². The van der Waals surface area contributed by atoms with Gasteiger partial charge in [-0.15, -0.1) is 12.1 Å². The van der Waals surface area contributed by atoms with E-state index in [1.54, 1.807) is 0 Å². The summed E-state index contributed by atoms with van der Waals surface area (Å²) in [5.41, 5.74) is 0. The second-order valence-electron chi connectivity index (χ2n) is 1.22. The van der Waals surface area contributed by atoms with Gasteiger partial charge in [-0.2, -0.15) is 18.2 Å². The Morgan fingerprint density at radius 3 is 2.00 bits per heavy atom. The number of hydrogen-bond donors (Lipinski definition) is 0. The Morgan fingerprint density at radius 1 is 1.25 bits per heavy atom. The number of benzene rings is 1. The Morgan fingerprint density at radius 2 is 1.75 bits per heavy atom. The molecule has 1 aromatic carbocycles. The molecule has 0 atom stereocenters. The van der Waals surface area contributed by atoms with Crippen molar-refractivity contribution in [2.45, 2.75) is 0 Å². The Balaban J connectivity index is 0.000000490. The zero-order valence-electron chi connectivity index (χ0n) is 4.04. The molecule has 0 aliphatic carbocycles. The summed E-state index contributed by atoms with van der Waals surface area (Å²) < 4.78 is 11.9. The van der Waals surface area contributed by atoms with Crippen molar-refractivity contribution in [3.8, 4) is 0 Å². The first-order valence-electron chi connectivity index (χ1n) is 2.01. The minimum Gasteiger partial charge on any atom is -0.236 e. The van der Waals surface area contributed by atoms with Gasteiger partial charge in [0.15, 0.2) is 0 Å². The van der Waals surface area contributed by atoms with Gasteiger partial charge in [0.2, 0.25) is 0 Å². The second-order valence-corrected chi connectivity index (χ2v) is 1.22. The molecule has 0 N–H and O–H groups in total. The van der Waals surface area contributed by atoms with Crippen molar-refractivity contribution in [1.29, 1.82) is 0 Å². The van der Waals surface area contributed by atoms with Gasteiger partial charge in [-0.1, -0.05) is 0 Å². The average molecular weight is 285 g/mol. The maximum atomic E-state index is 11.9. The molecule has 0 heterocycles. The van der Waals surface area contributed by atoms with E-state index >= 15 is 0 Å². The van der Waals surface area contributed by atoms with Crippen LogP contribution in [0.4, 0.5) is 4.39 Å². The van der Waals surface area contributed by atoms with Gasteiger partial charge in [0.25, 0.3) is 0 Å². The summed E-state index contributed by atoms with van der Waals surface area (Å²) in [7, 11) is 0. The van der Waals surface area contributed by atoms with Gasteiger partial charge in [0.05, 0.1) is 0 Å². The Hall–Kier alpha value is -0.214. The monoisotopic (exact) mass is 287 g/mol. The van der Waals surface area contributed by atoms with Gasteiger partial charge >= 0.3 is 19.8 Å². The van der Waals surface area contributed by atoms with E-state index in [1.165, 1.54) is 24.3 Å². The molecule has 0 radical (unpaired) electrons. The van der Waals surface area contributed by atoms with Crippen molar-refractivity contribution in [3.05, 3.63) is 36.1 Å². The van der Waals surface area contributed by atoms with Crippen LogP contribution >= 0.6 is 0 Å². The van der Waals surface area contributed by atoms with Crippen LogP contribution in [-0.2, 0) is 19.8 Å². The first-order chi connectivity index (χ1) is 3.39. The third-order valence-corrected chi connectivity index (χ3v) is 0.678. The number of rotatable bonds is 0. The molecule has 0 saturated carbocycles. The Labute approximate surface area is 60.8 Å². The zero-order chi connectivity index (χ0) is 5.11. The van der Waals surface area contributed by atoms with Crippen LogP contribution in [0, 0.1) is 11.9 Å². The zero-order valence-corrected chi connectivity index (χ0v) is 6.58. The summed E-state index contributed by atoms with van der Waals surface area (Å²) in [6.45, 7) is 0. The second kappa shape index (κ2) is 3.75. The minimum absolute atomic E-state index is 0. The predicted molar refractivity (Wildman–Crippen MR) is 25.2 cm³/mol. The maximum absolute atomic E-state index is 11.9. The van der Waals surface area contributed by atoms with Crippen molar-refractivity contribution >= 4 is 0 Å². The van der Waals surface area contributed by atoms with Crippen molar-refractivity contribution in [1.82, 2.24) is 0 Å². The van der Waals surface area contributed by atoms with E-state index in [0.717, 1.165) is 0 Å². The largest absolute Gasteiger partial charge is 2.00 e. The third-order valence-electron chi connectivity index (χ3n) is 0.678. The van der Waals surface area contributed by atoms with Crippen LogP contribution in [-0.4, -0.2) is 0 Å². The molecular weight excluding hydrogens is 281 g/mol. The van der Waals surface area contributed by atoms with E-state index in [4.69, 9.17) is 0 Å². The summed E-state index contributed by atoms with van der Waals surface area (Å²) in [5.74, 6) is -0.209. The molecule has 0 amide bonds. The molecule has 8 heavy (non-hydrogen) atoms. The summed E-state index contributed by atoms with van der Waals surface area (Å²) in [4.78, 5) is 0. The van der Waals surface area contributed by atoms with Gasteiger partial charge in [-0.05, 0) is 0 Å². The SMILES string of the molecule is Fc1cc[c-]cc1.[Os+2]. The van der Waals surface area contributed by atoms with Crippen molar-refractivity contribution in [2.75, 3.05) is 0 Å². The first kappa shape index (κ1) is 7.79. The van der Waals surface area contributed by atoms with E-state index in [0.29, 0.717) is 0 Å². The molecule has 0 bridgehead atoms. The summed E-state index contributed by atoms with van der Waals surface area (Å²) in [6.07, 6.45) is 0. The fourth-order valence-electron chi connectivity index (χ4n) is 0.367. The molecule has 0 aromatic heterocycles. The molecule has 0 unspecified atom stereocenters. The maximum Gasteiger partial charge on any atom is 2.00 e. The predicted octanol–water partition coefficient (Wildman–Crippen LogP) is 1.62. The quantitative estimate of drug-likeness (QED) is 0.636. The van der Waals surface area contributed by atoms with Crippen molar-refractivity contribution in [2.24, 2.45) is 0 Å². The number of halogens is 1. The van der Waals surface area contributed by atoms with E-state index in [1.807, 2.05) is 0 Å². The summed E-state index contributed by atoms with van der Waals surface area (Å²) in [5, 5.41) is 0. The third kappa shape index (κ3) is 2.19. The molecular formula is C6H4FOs+. The number of hydrogen-bond acceptors (Lipinski definition) is 0. The van der Waals surface area contributed by atoms with E-state index in [2.05, 4.69) is 6.07 Å². The van der Waals surface area contributed by atoms with Gasteiger partial charge in [0.1, 0.15) is 0 Å². The molecule has 0 spiro atoms. The summed E-state index contributed by atoms with van der Waals surface area (Å²) >= 11 is 0. The van der Waals surface area contributed by atoms with Crippen LogP contribution in [0.1, 0.15) is 0 Å². The van der Waals surface area contributed by atoms with Crippen LogP contribution in [0.2, 0.25) is 0 Å². The van der Waals surface area contributed by atoms with Crippen LogP contribution in [0.5, 0.6) is 0 Å². The van der Waals surface area contributed by atoms with E-state index < -0.39 is 0 Å². The molecule has 1 rings (SSSR count). The van der Waals surface area contributed by atoms with Crippen molar-refractivity contribution < 1.29 is 24.2 Å². The smallest absolute Gasteiger partial charge is 0.236 e. The van der Waals surface area contributed by atoms with E-state index in [-0.39, 0.29) is 25.6 Å². The first-order valence-corrected chi connectivity index (χ1v) is 2.01. The molecule has 0 aliphatic heterocycles. The van der Waals surface area contributed by atoms with Gasteiger partial charge in [0, 0.05) is 5.82 Å². The van der Waals surface area contributed by atoms with Gasteiger partial charge in [-0.25, -0.2) is 4.39 Å². The fourth-order valence-corrected chi connectivity index (χ4v) is 0.367. The van der Waals surface area contributed by atoms with Gasteiger partial charge < -0.3 is 0 Å². The summed E-state index contributed by atoms with van der Waals surface area (Å²) in [6, 6.07) is 8.49. The Kier molecular flexibility index (Phi) is 3.65. The minimum atomic E-state index is -0.209. The van der Waals surface area contributed by atoms with E-state index in [9.17, 15) is 4.39 Å². The molecule has 0 nitrogen and oxygen atoms in total. The molecule has 1 aromatic rings. The average Bonchev–Trinajstić information content (AvgIpc) is 1.69. The Bertz CT molecular complexity index is 138. The van der Waals surface area contributed by atoms with Crippen LogP contribution < -0.4 is 0 Å². The topological polar surface area (TPSA) is 0 Å².